The summed E-state index contributed by atoms with van der Waals surface area (Å²) in [7, 11) is -2.37. The lowest BCUT2D eigenvalue weighted by molar-refractivity contribution is -0.115. The van der Waals surface area contributed by atoms with Crippen molar-refractivity contribution in [1.29, 1.82) is 0 Å². The maximum atomic E-state index is 11.7. The quantitative estimate of drug-likeness (QED) is 0.668. The minimum absolute atomic E-state index is 0.352. The Hall–Kier alpha value is -2.42. The number of hydrogen-bond acceptors (Lipinski definition) is 4. The number of hydrogen-bond donors (Lipinski definition) is 3. The van der Waals surface area contributed by atoms with Crippen LogP contribution in [0.2, 0.25) is 0 Å². The highest BCUT2D eigenvalue weighted by atomic mass is 32.2. The van der Waals surface area contributed by atoms with Crippen LogP contribution in [0.1, 0.15) is 5.56 Å². The Morgan fingerprint density at radius 2 is 1.71 bits per heavy atom. The summed E-state index contributed by atoms with van der Waals surface area (Å²) in [5.41, 5.74) is 1.61. The van der Waals surface area contributed by atoms with Crippen LogP contribution in [-0.4, -0.2) is 27.9 Å². The number of amides is 1. The molecule has 0 aromatic heterocycles. The molecule has 2 aromatic rings. The van der Waals surface area contributed by atoms with Crippen LogP contribution in [0.15, 0.2) is 54.6 Å². The van der Waals surface area contributed by atoms with Crippen molar-refractivity contribution in [3.05, 3.63) is 60.2 Å². The fraction of sp³-hybridized carbons (Fsp3) is 0.188. The predicted molar refractivity (Wildman–Crippen MR) is 91.8 cm³/mol. The lowest BCUT2D eigenvalue weighted by Crippen LogP contribution is -2.39. The Morgan fingerprint density at radius 1 is 1.04 bits per heavy atom. The van der Waals surface area contributed by atoms with Gasteiger partial charge in [0, 0.05) is 12.7 Å². The Balaban J connectivity index is 1.82. The molecule has 1 amide bonds. The summed E-state index contributed by atoms with van der Waals surface area (Å²) >= 11 is 0. The van der Waals surface area contributed by atoms with E-state index in [-0.39, 0.29) is 6.54 Å². The van der Waals surface area contributed by atoms with E-state index in [1.165, 1.54) is 7.05 Å². The molecule has 0 saturated heterocycles. The Bertz CT molecular complexity index is 762. The molecule has 2 rings (SSSR count). The van der Waals surface area contributed by atoms with E-state index in [1.54, 1.807) is 24.3 Å². The smallest absolute Gasteiger partial charge is 0.277 e. The molecule has 2 aromatic carbocycles. The third-order valence-electron chi connectivity index (χ3n) is 3.08. The van der Waals surface area contributed by atoms with Crippen molar-refractivity contribution in [1.82, 2.24) is 9.44 Å². The normalized spacial score (nSPS) is 11.0. The first kappa shape index (κ1) is 17.9. The van der Waals surface area contributed by atoms with Gasteiger partial charge in [-0.1, -0.05) is 30.3 Å². The van der Waals surface area contributed by atoms with Gasteiger partial charge in [0.05, 0.1) is 6.54 Å². The van der Waals surface area contributed by atoms with Gasteiger partial charge in [-0.25, -0.2) is 4.72 Å². The molecular formula is C16H19N3O4S. The first-order chi connectivity index (χ1) is 11.5. The Morgan fingerprint density at radius 3 is 2.33 bits per heavy atom. The summed E-state index contributed by atoms with van der Waals surface area (Å²) in [6.45, 7) is 0.105. The molecule has 0 radical (unpaired) electrons. The van der Waals surface area contributed by atoms with Gasteiger partial charge in [0.15, 0.2) is 0 Å². The van der Waals surface area contributed by atoms with Gasteiger partial charge in [-0.05, 0) is 29.8 Å². The van der Waals surface area contributed by atoms with Gasteiger partial charge in [0.1, 0.15) is 12.4 Å². The molecule has 7 nitrogen and oxygen atoms in total. The molecule has 0 bridgehead atoms. The number of nitrogens with one attached hydrogen (secondary N) is 3. The summed E-state index contributed by atoms with van der Waals surface area (Å²) in [4.78, 5) is 11.7. The number of carbonyl (C=O) groups is 1. The standard InChI is InChI=1S/C16H19N3O4S/c1-17-24(21,22)18-11-16(20)19-14-7-9-15(10-8-14)23-12-13-5-3-2-4-6-13/h2-10,17-18H,11-12H2,1H3,(H,19,20). The summed E-state index contributed by atoms with van der Waals surface area (Å²) in [6, 6.07) is 16.6. The zero-order valence-corrected chi connectivity index (χ0v) is 14.0. The molecule has 0 atom stereocenters. The topological polar surface area (TPSA) is 96.5 Å². The average Bonchev–Trinajstić information content (AvgIpc) is 2.60. The van der Waals surface area contributed by atoms with Crippen molar-refractivity contribution in [2.45, 2.75) is 6.61 Å². The van der Waals surface area contributed by atoms with Gasteiger partial charge in [0.2, 0.25) is 5.91 Å². The summed E-state index contributed by atoms with van der Waals surface area (Å²) in [5.74, 6) is 0.208. The maximum Gasteiger partial charge on any atom is 0.277 e. The van der Waals surface area contributed by atoms with E-state index in [0.29, 0.717) is 18.0 Å². The van der Waals surface area contributed by atoms with E-state index in [2.05, 4.69) is 14.8 Å². The van der Waals surface area contributed by atoms with E-state index in [4.69, 9.17) is 4.74 Å². The van der Waals surface area contributed by atoms with Gasteiger partial charge < -0.3 is 10.1 Å². The largest absolute Gasteiger partial charge is 0.489 e. The van der Waals surface area contributed by atoms with Crippen LogP contribution in [0, 0.1) is 0 Å². The van der Waals surface area contributed by atoms with Crippen molar-refractivity contribution < 1.29 is 17.9 Å². The highest BCUT2D eigenvalue weighted by Gasteiger charge is 2.09. The molecule has 0 fully saturated rings. The molecule has 0 unspecified atom stereocenters. The summed E-state index contributed by atoms with van der Waals surface area (Å²) in [5, 5.41) is 2.59. The van der Waals surface area contributed by atoms with Gasteiger partial charge in [-0.3, -0.25) is 4.79 Å². The highest BCUT2D eigenvalue weighted by Crippen LogP contribution is 2.17. The zero-order valence-electron chi connectivity index (χ0n) is 13.2. The molecule has 0 spiro atoms. The predicted octanol–water partition coefficient (Wildman–Crippen LogP) is 1.26. The van der Waals surface area contributed by atoms with Crippen molar-refractivity contribution >= 4 is 21.8 Å². The molecule has 0 aliphatic carbocycles. The molecule has 0 aliphatic heterocycles. The first-order valence-electron chi connectivity index (χ1n) is 7.23. The Kier molecular flexibility index (Phi) is 6.30. The molecule has 128 valence electrons. The van der Waals surface area contributed by atoms with Crippen LogP contribution in [0.4, 0.5) is 5.69 Å². The second-order valence-electron chi connectivity index (χ2n) is 4.88. The molecule has 0 heterocycles. The van der Waals surface area contributed by atoms with E-state index in [0.717, 1.165) is 5.56 Å². The lowest BCUT2D eigenvalue weighted by atomic mass is 10.2. The third-order valence-corrected chi connectivity index (χ3v) is 4.14. The van der Waals surface area contributed by atoms with Crippen LogP contribution in [0.25, 0.3) is 0 Å². The number of anilines is 1. The Labute approximate surface area is 141 Å². The number of benzene rings is 2. The number of rotatable bonds is 8. The SMILES string of the molecule is CNS(=O)(=O)NCC(=O)Nc1ccc(OCc2ccccc2)cc1. The second kappa shape index (κ2) is 8.44. The minimum atomic E-state index is -3.63. The van der Waals surface area contributed by atoms with Crippen molar-refractivity contribution in [3.8, 4) is 5.75 Å². The van der Waals surface area contributed by atoms with E-state index in [1.807, 2.05) is 30.3 Å². The third kappa shape index (κ3) is 5.99. The lowest BCUT2D eigenvalue weighted by Gasteiger charge is -2.09. The molecule has 0 aliphatic rings. The summed E-state index contributed by atoms with van der Waals surface area (Å²) < 4.78 is 32.2. The van der Waals surface area contributed by atoms with Gasteiger partial charge in [-0.15, -0.1) is 0 Å². The van der Waals surface area contributed by atoms with Crippen LogP contribution < -0.4 is 19.5 Å². The minimum Gasteiger partial charge on any atom is -0.489 e. The molecule has 8 heteroatoms. The van der Waals surface area contributed by atoms with Crippen molar-refractivity contribution in [2.24, 2.45) is 0 Å². The maximum absolute atomic E-state index is 11.7. The van der Waals surface area contributed by atoms with Gasteiger partial charge in [0.25, 0.3) is 10.2 Å². The van der Waals surface area contributed by atoms with Crippen LogP contribution in [0.5, 0.6) is 5.75 Å². The highest BCUT2D eigenvalue weighted by molar-refractivity contribution is 7.87. The summed E-state index contributed by atoms with van der Waals surface area (Å²) in [6.07, 6.45) is 0. The van der Waals surface area contributed by atoms with Gasteiger partial charge in [-0.2, -0.15) is 13.1 Å². The number of ether oxygens (including phenoxy) is 1. The molecule has 3 N–H and O–H groups in total. The van der Waals surface area contributed by atoms with Crippen molar-refractivity contribution in [3.63, 3.8) is 0 Å². The first-order valence-corrected chi connectivity index (χ1v) is 8.71. The second-order valence-corrected chi connectivity index (χ2v) is 6.58. The monoisotopic (exact) mass is 349 g/mol. The van der Waals surface area contributed by atoms with E-state index < -0.39 is 16.1 Å². The van der Waals surface area contributed by atoms with Crippen molar-refractivity contribution in [2.75, 3.05) is 18.9 Å². The van der Waals surface area contributed by atoms with Crippen LogP contribution in [-0.2, 0) is 21.6 Å². The van der Waals surface area contributed by atoms with E-state index >= 15 is 0 Å². The van der Waals surface area contributed by atoms with Crippen LogP contribution >= 0.6 is 0 Å². The average molecular weight is 349 g/mol. The zero-order chi connectivity index (χ0) is 17.4. The fourth-order valence-corrected chi connectivity index (χ4v) is 2.28. The molecule has 24 heavy (non-hydrogen) atoms. The van der Waals surface area contributed by atoms with Gasteiger partial charge >= 0.3 is 0 Å². The molecule has 0 saturated carbocycles. The number of carbonyl (C=O) groups excluding carboxylic acids is 1. The fourth-order valence-electron chi connectivity index (χ4n) is 1.81. The van der Waals surface area contributed by atoms with Crippen LogP contribution in [0.3, 0.4) is 0 Å². The molecular weight excluding hydrogens is 330 g/mol. The van der Waals surface area contributed by atoms with E-state index in [9.17, 15) is 13.2 Å².